The first-order valence-corrected chi connectivity index (χ1v) is 14.1. The molecule has 11 nitrogen and oxygen atoms in total. The van der Waals surface area contributed by atoms with Crippen molar-refractivity contribution in [2.45, 2.75) is 58.6 Å². The number of aliphatic imine (C=N–C) groups is 1. The molecule has 4 heterocycles. The topological polar surface area (TPSA) is 114 Å². The second-order valence-corrected chi connectivity index (χ2v) is 12.0. The fourth-order valence-electron chi connectivity index (χ4n) is 5.18. The van der Waals surface area contributed by atoms with Crippen LogP contribution in [0.5, 0.6) is 0 Å². The highest BCUT2D eigenvalue weighted by Crippen LogP contribution is 2.27. The predicted octanol–water partition coefficient (Wildman–Crippen LogP) is 4.25. The molecule has 0 saturated carbocycles. The van der Waals surface area contributed by atoms with Crippen molar-refractivity contribution in [1.29, 1.82) is 0 Å². The Morgan fingerprint density at radius 3 is 2.57 bits per heavy atom. The quantitative estimate of drug-likeness (QED) is 0.260. The zero-order chi connectivity index (χ0) is 30.2. The molecule has 2 amide bonds. The van der Waals surface area contributed by atoms with Crippen molar-refractivity contribution in [2.75, 3.05) is 27.2 Å². The zero-order valence-electron chi connectivity index (χ0n) is 25.0. The maximum atomic E-state index is 13.5. The summed E-state index contributed by atoms with van der Waals surface area (Å²) in [4.78, 5) is 50.5. The van der Waals surface area contributed by atoms with Crippen molar-refractivity contribution in [2.24, 2.45) is 4.99 Å². The average Bonchev–Trinajstić information content (AvgIpc) is 3.31. The molecule has 0 aliphatic carbocycles. The third-order valence-electron chi connectivity index (χ3n) is 7.13. The van der Waals surface area contributed by atoms with Gasteiger partial charge in [0, 0.05) is 55.9 Å². The number of hydrogen-bond donors (Lipinski definition) is 0. The van der Waals surface area contributed by atoms with Gasteiger partial charge in [-0.3, -0.25) is 9.59 Å². The van der Waals surface area contributed by atoms with Gasteiger partial charge in [-0.2, -0.15) is 5.10 Å². The van der Waals surface area contributed by atoms with Crippen molar-refractivity contribution in [3.63, 3.8) is 0 Å². The number of nitrogens with zero attached hydrogens (tertiary/aromatic N) is 7. The van der Waals surface area contributed by atoms with Gasteiger partial charge in [0.25, 0.3) is 11.5 Å². The number of benzene rings is 1. The molecule has 1 aliphatic rings. The lowest BCUT2D eigenvalue weighted by Gasteiger charge is -2.34. The third kappa shape index (κ3) is 6.35. The van der Waals surface area contributed by atoms with Gasteiger partial charge in [0.2, 0.25) is 0 Å². The summed E-state index contributed by atoms with van der Waals surface area (Å²) in [6, 6.07) is 9.47. The van der Waals surface area contributed by atoms with E-state index in [9.17, 15) is 14.4 Å². The number of carbonyl (C=O) groups is 2. The van der Waals surface area contributed by atoms with E-state index in [1.165, 1.54) is 6.34 Å². The zero-order valence-corrected chi connectivity index (χ0v) is 25.0. The monoisotopic (exact) mass is 571 g/mol. The van der Waals surface area contributed by atoms with Gasteiger partial charge in [-0.25, -0.2) is 19.3 Å². The van der Waals surface area contributed by atoms with Gasteiger partial charge >= 0.3 is 6.09 Å². The van der Waals surface area contributed by atoms with Crippen LogP contribution in [0.3, 0.4) is 0 Å². The molecule has 0 bridgehead atoms. The molecule has 3 aromatic heterocycles. The van der Waals surface area contributed by atoms with E-state index in [0.717, 1.165) is 22.2 Å². The van der Waals surface area contributed by atoms with Crippen molar-refractivity contribution in [3.8, 4) is 11.3 Å². The van der Waals surface area contributed by atoms with Crippen LogP contribution in [0.4, 0.5) is 4.79 Å². The van der Waals surface area contributed by atoms with E-state index >= 15 is 0 Å². The number of rotatable bonds is 5. The minimum atomic E-state index is -0.541. The van der Waals surface area contributed by atoms with Crippen LogP contribution < -0.4 is 5.56 Å². The fraction of sp³-hybridized carbons (Fsp3) is 0.419. The predicted molar refractivity (Wildman–Crippen MR) is 162 cm³/mol. The van der Waals surface area contributed by atoms with Crippen LogP contribution in [0.15, 0.2) is 52.5 Å². The molecule has 0 atom stereocenters. The number of likely N-dealkylation sites (tertiary alicyclic amines) is 1. The van der Waals surface area contributed by atoms with Crippen LogP contribution >= 0.6 is 0 Å². The van der Waals surface area contributed by atoms with E-state index in [-0.39, 0.29) is 30.0 Å². The molecular weight excluding hydrogens is 534 g/mol. The fourth-order valence-corrected chi connectivity index (χ4v) is 5.18. The van der Waals surface area contributed by atoms with E-state index in [0.29, 0.717) is 42.7 Å². The maximum absolute atomic E-state index is 13.5. The Kier molecular flexibility index (Phi) is 7.85. The van der Waals surface area contributed by atoms with Gasteiger partial charge in [-0.15, -0.1) is 0 Å². The van der Waals surface area contributed by atoms with E-state index in [1.54, 1.807) is 33.0 Å². The lowest BCUT2D eigenvalue weighted by molar-refractivity contribution is -0.117. The van der Waals surface area contributed by atoms with Crippen LogP contribution in [0.25, 0.3) is 27.7 Å². The van der Waals surface area contributed by atoms with Crippen molar-refractivity contribution in [3.05, 3.63) is 64.3 Å². The number of fused-ring (bicyclic) bond motifs is 2. The largest absolute Gasteiger partial charge is 0.444 e. The number of aryl methyl sites for hydroxylation is 1. The standard InChI is InChI=1S/C31H37N7O4/c1-20-18-38-28(33-20)23(17-27(39)32-19-35(5)6)16-26(34-38)22-7-8-25-21(15-22)9-14-37(29(25)40)24-10-12-36(13-11-24)30(41)42-31(2,3)4/h7-9,14-16,18-19,24H,10-13,17H2,1-6H3. The molecule has 0 unspecified atom stereocenters. The smallest absolute Gasteiger partial charge is 0.410 e. The van der Waals surface area contributed by atoms with E-state index in [4.69, 9.17) is 9.84 Å². The summed E-state index contributed by atoms with van der Waals surface area (Å²) in [7, 11) is 3.61. The lowest BCUT2D eigenvalue weighted by Crippen LogP contribution is -2.43. The maximum Gasteiger partial charge on any atom is 0.410 e. The van der Waals surface area contributed by atoms with Gasteiger partial charge in [-0.1, -0.05) is 6.07 Å². The van der Waals surface area contributed by atoms with Crippen molar-refractivity contribution >= 4 is 34.8 Å². The van der Waals surface area contributed by atoms with Gasteiger partial charge in [0.15, 0.2) is 5.65 Å². The number of carbonyl (C=O) groups excluding carboxylic acids is 2. The van der Waals surface area contributed by atoms with E-state index < -0.39 is 5.60 Å². The minimum Gasteiger partial charge on any atom is -0.444 e. The molecule has 4 aromatic rings. The number of amides is 2. The minimum absolute atomic E-state index is 0.00377. The first-order chi connectivity index (χ1) is 19.9. The second-order valence-electron chi connectivity index (χ2n) is 12.0. The van der Waals surface area contributed by atoms with Crippen LogP contribution in [-0.4, -0.2) is 80.1 Å². The Bertz CT molecular complexity index is 1740. The molecule has 220 valence electrons. The molecular formula is C31H37N7O4. The van der Waals surface area contributed by atoms with Crippen LogP contribution in [0.2, 0.25) is 0 Å². The Labute approximate surface area is 244 Å². The van der Waals surface area contributed by atoms with Gasteiger partial charge < -0.3 is 19.1 Å². The normalized spacial score (nSPS) is 14.7. The molecule has 1 fully saturated rings. The summed E-state index contributed by atoms with van der Waals surface area (Å²) in [5.41, 5.74) is 3.02. The highest BCUT2D eigenvalue weighted by molar-refractivity contribution is 5.88. The Morgan fingerprint density at radius 2 is 1.88 bits per heavy atom. The number of piperidine rings is 1. The van der Waals surface area contributed by atoms with Crippen LogP contribution in [0.1, 0.15) is 50.9 Å². The number of ether oxygens (including phenoxy) is 1. The summed E-state index contributed by atoms with van der Waals surface area (Å²) in [5, 5.41) is 6.16. The first kappa shape index (κ1) is 29.0. The third-order valence-corrected chi connectivity index (χ3v) is 7.13. The van der Waals surface area contributed by atoms with E-state index in [2.05, 4.69) is 9.98 Å². The van der Waals surface area contributed by atoms with Crippen LogP contribution in [-0.2, 0) is 16.0 Å². The summed E-state index contributed by atoms with van der Waals surface area (Å²) in [6.45, 7) is 8.52. The Hall–Kier alpha value is -4.54. The number of imidazole rings is 1. The summed E-state index contributed by atoms with van der Waals surface area (Å²) in [5.74, 6) is -0.278. The lowest BCUT2D eigenvalue weighted by atomic mass is 10.0. The SMILES string of the molecule is Cc1cn2nc(-c3ccc4c(=O)n(C5CCN(C(=O)OC(C)(C)C)CC5)ccc4c3)cc(CC(=O)N=CN(C)C)c2n1. The first-order valence-electron chi connectivity index (χ1n) is 14.1. The molecule has 1 saturated heterocycles. The molecule has 11 heteroatoms. The average molecular weight is 572 g/mol. The molecule has 5 rings (SSSR count). The highest BCUT2D eigenvalue weighted by atomic mass is 16.6. The van der Waals surface area contributed by atoms with Gasteiger partial charge in [-0.05, 0) is 70.2 Å². The number of aromatic nitrogens is 4. The summed E-state index contributed by atoms with van der Waals surface area (Å²) < 4.78 is 8.97. The highest BCUT2D eigenvalue weighted by Gasteiger charge is 2.28. The van der Waals surface area contributed by atoms with Gasteiger partial charge in [0.1, 0.15) is 5.60 Å². The molecule has 1 aliphatic heterocycles. The second kappa shape index (κ2) is 11.4. The summed E-state index contributed by atoms with van der Waals surface area (Å²) >= 11 is 0. The number of hydrogen-bond acceptors (Lipinski definition) is 6. The van der Waals surface area contributed by atoms with Crippen molar-refractivity contribution < 1.29 is 14.3 Å². The molecule has 0 spiro atoms. The Balaban J connectivity index is 1.40. The van der Waals surface area contributed by atoms with Crippen LogP contribution in [0, 0.1) is 6.92 Å². The molecule has 42 heavy (non-hydrogen) atoms. The van der Waals surface area contributed by atoms with Crippen molar-refractivity contribution in [1.82, 2.24) is 29.0 Å². The Morgan fingerprint density at radius 1 is 1.14 bits per heavy atom. The molecule has 1 aromatic carbocycles. The number of pyridine rings is 1. The molecule has 0 N–H and O–H groups in total. The summed E-state index contributed by atoms with van der Waals surface area (Å²) in [6.07, 6.45) is 6.28. The van der Waals surface area contributed by atoms with Gasteiger partial charge in [0.05, 0.1) is 30.3 Å². The molecule has 0 radical (unpaired) electrons. The van der Waals surface area contributed by atoms with E-state index in [1.807, 2.05) is 70.4 Å².